The second-order valence-corrected chi connectivity index (χ2v) is 17.6. The lowest BCUT2D eigenvalue weighted by atomic mass is 9.58. The fraction of sp³-hybridized carbons (Fsp3) is 0. The fourth-order valence-corrected chi connectivity index (χ4v) is 10.7. The first-order chi connectivity index (χ1) is 27.6. The van der Waals surface area contributed by atoms with Gasteiger partial charge in [0.1, 0.15) is 129 Å². The monoisotopic (exact) mass is 726 g/mol. The third kappa shape index (κ3) is 5.18. The lowest BCUT2D eigenvalue weighted by molar-refractivity contribution is 0.675. The molecular formula is C42H41B15O. The Kier molecular flexibility index (Phi) is 9.16. The van der Waals surface area contributed by atoms with Crippen molar-refractivity contribution in [1.29, 1.82) is 0 Å². The van der Waals surface area contributed by atoms with Crippen LogP contribution in [0.1, 0.15) is 0 Å². The zero-order chi connectivity index (χ0) is 41.4. The standard InChI is InChI=1S/C42H41B15O/c43-26-23(31(48)39(56)41-24(26)25-32(49)37(54)38(55)40(57)42(25)58-41)18-21-19(27(44)33(50)35(52)29(21)46)17(20-22(18)30(47)36(53)34(51)28(20)45)14-8-3-7-13(11-14)16-10-4-6-12-5-1-2-9-15(12)16/h1-11H,43-57H2. The molecule has 0 unspecified atom stereocenters. The normalized spacial score (nSPS) is 11.8. The number of benzene rings is 8. The maximum absolute atomic E-state index is 6.96. The Balaban J connectivity index is 1.54. The minimum absolute atomic E-state index is 1.03. The third-order valence-electron chi connectivity index (χ3n) is 15.2. The van der Waals surface area contributed by atoms with Crippen LogP contribution in [-0.2, 0) is 0 Å². The molecule has 1 nitrogen and oxygen atoms in total. The van der Waals surface area contributed by atoms with Crippen LogP contribution in [0.4, 0.5) is 0 Å². The second-order valence-electron chi connectivity index (χ2n) is 17.6. The molecule has 0 aliphatic carbocycles. The van der Waals surface area contributed by atoms with Gasteiger partial charge < -0.3 is 4.42 Å². The third-order valence-corrected chi connectivity index (χ3v) is 15.2. The Morgan fingerprint density at radius 1 is 0.293 bits per heavy atom. The summed E-state index contributed by atoms with van der Waals surface area (Å²) in [6, 6.07) is 24.8. The molecule has 58 heavy (non-hydrogen) atoms. The Hall–Kier alpha value is -4.69. The molecule has 8 aromatic carbocycles. The molecule has 0 aliphatic rings. The minimum Gasteiger partial charge on any atom is -0.457 e. The van der Waals surface area contributed by atoms with Gasteiger partial charge in [0.05, 0.1) is 0 Å². The maximum Gasteiger partial charge on any atom is 0.143 e. The number of rotatable bonds is 3. The number of fused-ring (bicyclic) bond motifs is 6. The maximum atomic E-state index is 6.96. The number of hydrogen-bond donors (Lipinski definition) is 0. The largest absolute Gasteiger partial charge is 0.457 e. The molecule has 0 spiro atoms. The molecule has 0 N–H and O–H groups in total. The molecule has 0 radical (unpaired) electrons. The Morgan fingerprint density at radius 2 is 0.707 bits per heavy atom. The van der Waals surface area contributed by atoms with Crippen LogP contribution in [0.15, 0.2) is 71.1 Å². The van der Waals surface area contributed by atoms with E-state index >= 15 is 0 Å². The summed E-state index contributed by atoms with van der Waals surface area (Å²) in [6.45, 7) is 0. The predicted octanol–water partition coefficient (Wildman–Crippen LogP) is -14.1. The molecule has 0 saturated carbocycles. The van der Waals surface area contributed by atoms with E-state index in [-0.39, 0.29) is 0 Å². The number of furan rings is 1. The van der Waals surface area contributed by atoms with E-state index in [1.54, 1.807) is 0 Å². The van der Waals surface area contributed by atoms with Gasteiger partial charge in [-0.25, -0.2) is 0 Å². The van der Waals surface area contributed by atoms with Crippen molar-refractivity contribution in [2.45, 2.75) is 0 Å². The highest BCUT2D eigenvalue weighted by Crippen LogP contribution is 2.42. The highest BCUT2D eigenvalue weighted by Gasteiger charge is 2.29. The summed E-state index contributed by atoms with van der Waals surface area (Å²) in [7, 11) is 34.8. The molecule has 1 aromatic heterocycles. The summed E-state index contributed by atoms with van der Waals surface area (Å²) in [4.78, 5) is 0. The van der Waals surface area contributed by atoms with Crippen molar-refractivity contribution in [3.63, 3.8) is 0 Å². The van der Waals surface area contributed by atoms with E-state index in [2.05, 4.69) is 184 Å². The van der Waals surface area contributed by atoms with Gasteiger partial charge in [-0.1, -0.05) is 115 Å². The smallest absolute Gasteiger partial charge is 0.143 e. The highest BCUT2D eigenvalue weighted by molar-refractivity contribution is 6.73. The summed E-state index contributed by atoms with van der Waals surface area (Å²) in [5.74, 6) is 0. The van der Waals surface area contributed by atoms with Crippen molar-refractivity contribution in [2.75, 3.05) is 0 Å². The molecule has 9 rings (SSSR count). The molecule has 1 heterocycles. The summed E-state index contributed by atoms with van der Waals surface area (Å²) >= 11 is 0. The molecule has 0 aliphatic heterocycles. The second kappa shape index (κ2) is 13.7. The molecule has 0 bridgehead atoms. The van der Waals surface area contributed by atoms with Gasteiger partial charge >= 0.3 is 0 Å². The van der Waals surface area contributed by atoms with E-state index in [1.165, 1.54) is 158 Å². The van der Waals surface area contributed by atoms with Crippen LogP contribution >= 0.6 is 0 Å². The van der Waals surface area contributed by atoms with Crippen molar-refractivity contribution in [3.8, 4) is 33.4 Å². The van der Waals surface area contributed by atoms with Gasteiger partial charge in [-0.15, -0.1) is 27.3 Å². The van der Waals surface area contributed by atoms with E-state index in [4.69, 9.17) is 4.42 Å². The quantitative estimate of drug-likeness (QED) is 0.131. The average Bonchev–Trinajstić information content (AvgIpc) is 3.64. The van der Waals surface area contributed by atoms with Gasteiger partial charge in [0.25, 0.3) is 0 Å². The van der Waals surface area contributed by atoms with Crippen LogP contribution in [0.3, 0.4) is 0 Å². The first-order valence-corrected chi connectivity index (χ1v) is 21.1. The van der Waals surface area contributed by atoms with Gasteiger partial charge in [0.15, 0.2) is 0 Å². The van der Waals surface area contributed by atoms with Crippen molar-refractivity contribution < 1.29 is 4.42 Å². The van der Waals surface area contributed by atoms with E-state index < -0.39 is 0 Å². The zero-order valence-corrected chi connectivity index (χ0v) is 37.3. The summed E-state index contributed by atoms with van der Waals surface area (Å²) in [5, 5.41) is 10.6. The van der Waals surface area contributed by atoms with Crippen LogP contribution in [0.25, 0.3) is 87.6 Å². The van der Waals surface area contributed by atoms with Crippen LogP contribution in [0.2, 0.25) is 0 Å². The van der Waals surface area contributed by atoms with Crippen molar-refractivity contribution >= 4 is 254 Å². The van der Waals surface area contributed by atoms with Gasteiger partial charge in [-0.3, -0.25) is 0 Å². The van der Waals surface area contributed by atoms with Crippen molar-refractivity contribution in [1.82, 2.24) is 0 Å². The van der Waals surface area contributed by atoms with Crippen LogP contribution in [0.5, 0.6) is 0 Å². The minimum atomic E-state index is 1.03. The van der Waals surface area contributed by atoms with Gasteiger partial charge in [-0.2, -0.15) is 0 Å². The van der Waals surface area contributed by atoms with Crippen LogP contribution in [0, 0.1) is 0 Å². The van der Waals surface area contributed by atoms with Gasteiger partial charge in [0.2, 0.25) is 0 Å². The van der Waals surface area contributed by atoms with E-state index in [9.17, 15) is 0 Å². The molecule has 0 atom stereocenters. The molecule has 16 heteroatoms. The molecule has 9 aromatic rings. The topological polar surface area (TPSA) is 13.1 Å². The predicted molar refractivity (Wildman–Crippen MR) is 305 cm³/mol. The molecule has 260 valence electrons. The van der Waals surface area contributed by atoms with Crippen LogP contribution < -0.4 is 81.9 Å². The van der Waals surface area contributed by atoms with E-state index in [1.807, 2.05) is 0 Å². The van der Waals surface area contributed by atoms with E-state index in [0.29, 0.717) is 0 Å². The molecular weight excluding hydrogens is 683 g/mol. The lowest BCUT2D eigenvalue weighted by Gasteiger charge is -2.30. The Labute approximate surface area is 356 Å². The van der Waals surface area contributed by atoms with Crippen molar-refractivity contribution in [3.05, 3.63) is 66.7 Å². The summed E-state index contributed by atoms with van der Waals surface area (Å²) < 4.78 is 6.96. The first kappa shape index (κ1) is 38.8. The van der Waals surface area contributed by atoms with E-state index in [0.717, 1.165) is 11.2 Å². The lowest BCUT2D eigenvalue weighted by Crippen LogP contribution is -2.50. The van der Waals surface area contributed by atoms with Gasteiger partial charge in [0, 0.05) is 10.8 Å². The number of hydrogen-bond acceptors (Lipinski definition) is 1. The van der Waals surface area contributed by atoms with Crippen molar-refractivity contribution in [2.24, 2.45) is 0 Å². The fourth-order valence-electron chi connectivity index (χ4n) is 10.7. The SMILES string of the molecule is Bc1c(B)c(B)c2c(oc3c(B)c(B)c(-c4c5c(B)c(B)c(B)c(B)c5c(-c5cccc(-c6cccc7ccccc67)c5)c5c(B)c(B)c(B)c(B)c45)c(B)c32)c1B. The summed E-state index contributed by atoms with van der Waals surface area (Å²) in [6.07, 6.45) is 0. The van der Waals surface area contributed by atoms with Crippen LogP contribution in [-0.4, -0.2) is 118 Å². The molecule has 0 saturated heterocycles. The molecule has 0 amide bonds. The highest BCUT2D eigenvalue weighted by atomic mass is 16.3. The zero-order valence-electron chi connectivity index (χ0n) is 37.3. The first-order valence-electron chi connectivity index (χ1n) is 21.1. The molecule has 0 fully saturated rings. The Morgan fingerprint density at radius 3 is 1.28 bits per heavy atom. The van der Waals surface area contributed by atoms with Gasteiger partial charge in [-0.05, 0) is 71.8 Å². The Bertz CT molecular complexity index is 3270. The average molecular weight is 724 g/mol. The summed E-state index contributed by atoms with van der Waals surface area (Å²) in [5.41, 5.74) is 29.9.